The second kappa shape index (κ2) is 4.77. The maximum absolute atomic E-state index is 2.52. The molecule has 2 aliphatic rings. The minimum atomic E-state index is 0.769. The lowest BCUT2D eigenvalue weighted by molar-refractivity contribution is 0.184. The zero-order chi connectivity index (χ0) is 11.7. The van der Waals surface area contributed by atoms with Crippen LogP contribution in [0, 0.1) is 29.6 Å². The van der Waals surface area contributed by atoms with Crippen molar-refractivity contribution >= 4 is 0 Å². The first-order valence-electron chi connectivity index (χ1n) is 7.03. The first kappa shape index (κ1) is 12.0. The van der Waals surface area contributed by atoms with Gasteiger partial charge in [0.2, 0.25) is 0 Å². The molecule has 0 amide bonds. The van der Waals surface area contributed by atoms with E-state index in [1.807, 2.05) is 0 Å². The lowest BCUT2D eigenvalue weighted by atomic mass is 9.64. The monoisotopic (exact) mass is 218 g/mol. The Hall–Kier alpha value is -0.520. The lowest BCUT2D eigenvalue weighted by Crippen LogP contribution is -2.32. The topological polar surface area (TPSA) is 0 Å². The normalized spacial score (nSPS) is 40.1. The highest BCUT2D eigenvalue weighted by atomic mass is 14.4. The molecule has 0 aromatic carbocycles. The third-order valence-corrected chi connectivity index (χ3v) is 4.80. The second-order valence-corrected chi connectivity index (χ2v) is 6.01. The Labute approximate surface area is 101 Å². The molecule has 0 aromatic rings. The number of fused-ring (bicyclic) bond motifs is 1. The Balaban J connectivity index is 2.26. The van der Waals surface area contributed by atoms with E-state index in [-0.39, 0.29) is 0 Å². The van der Waals surface area contributed by atoms with Crippen LogP contribution in [0.5, 0.6) is 0 Å². The quantitative estimate of drug-likeness (QED) is 0.623. The molecular weight excluding hydrogens is 192 g/mol. The van der Waals surface area contributed by atoms with E-state index in [0.717, 1.165) is 29.6 Å². The summed E-state index contributed by atoms with van der Waals surface area (Å²) in [6, 6.07) is 0. The highest BCUT2D eigenvalue weighted by Gasteiger charge is 2.35. The van der Waals surface area contributed by atoms with Crippen LogP contribution >= 0.6 is 0 Å². The summed E-state index contributed by atoms with van der Waals surface area (Å²) in [7, 11) is 0. The van der Waals surface area contributed by atoms with Crippen LogP contribution in [0.15, 0.2) is 23.8 Å². The van der Waals surface area contributed by atoms with Gasteiger partial charge in [0, 0.05) is 0 Å². The molecule has 90 valence electrons. The molecule has 0 saturated heterocycles. The number of hydrogen-bond acceptors (Lipinski definition) is 0. The van der Waals surface area contributed by atoms with Crippen molar-refractivity contribution < 1.29 is 0 Å². The lowest BCUT2D eigenvalue weighted by Gasteiger charge is -2.41. The molecular formula is C16H26. The van der Waals surface area contributed by atoms with Crippen molar-refractivity contribution in [3.8, 4) is 0 Å². The average Bonchev–Trinajstić information content (AvgIpc) is 2.28. The third-order valence-electron chi connectivity index (χ3n) is 4.80. The van der Waals surface area contributed by atoms with Crippen LogP contribution in [-0.2, 0) is 0 Å². The van der Waals surface area contributed by atoms with Crippen molar-refractivity contribution in [2.45, 2.75) is 47.0 Å². The molecule has 0 heteroatoms. The van der Waals surface area contributed by atoms with E-state index < -0.39 is 0 Å². The van der Waals surface area contributed by atoms with E-state index in [2.05, 4.69) is 45.9 Å². The molecule has 0 fully saturated rings. The average molecular weight is 218 g/mol. The molecule has 0 aromatic heterocycles. The number of allylic oxidation sites excluding steroid dienone is 4. The second-order valence-electron chi connectivity index (χ2n) is 6.01. The van der Waals surface area contributed by atoms with E-state index in [4.69, 9.17) is 0 Å². The summed E-state index contributed by atoms with van der Waals surface area (Å²) in [6.07, 6.45) is 11.5. The van der Waals surface area contributed by atoms with Crippen LogP contribution in [0.1, 0.15) is 47.0 Å². The van der Waals surface area contributed by atoms with Crippen LogP contribution in [0.3, 0.4) is 0 Å². The minimum Gasteiger partial charge on any atom is -0.0811 e. The molecule has 2 rings (SSSR count). The Morgan fingerprint density at radius 2 is 2.06 bits per heavy atom. The summed E-state index contributed by atoms with van der Waals surface area (Å²) in [4.78, 5) is 0. The summed E-state index contributed by atoms with van der Waals surface area (Å²) >= 11 is 0. The van der Waals surface area contributed by atoms with Gasteiger partial charge in [-0.1, -0.05) is 52.3 Å². The molecule has 0 aliphatic heterocycles. The van der Waals surface area contributed by atoms with E-state index in [1.165, 1.54) is 19.3 Å². The zero-order valence-electron chi connectivity index (χ0n) is 11.2. The largest absolute Gasteiger partial charge is 0.0811 e. The number of hydrogen-bond donors (Lipinski definition) is 0. The Morgan fingerprint density at radius 1 is 1.31 bits per heavy atom. The summed E-state index contributed by atoms with van der Waals surface area (Å²) < 4.78 is 0. The molecule has 5 atom stereocenters. The molecule has 0 N–H and O–H groups in total. The van der Waals surface area contributed by atoms with Gasteiger partial charge >= 0.3 is 0 Å². The standard InChI is InChI=1S/C16H26/c1-5-12(3)16-13(4)7-8-14-10-11(2)6-9-15(14)16/h7-8,10-13,15-16H,5-6,9H2,1-4H3/t11-,12?,13+,15+,16?/m1/s1. The molecule has 0 bridgehead atoms. The van der Waals surface area contributed by atoms with Crippen molar-refractivity contribution in [3.63, 3.8) is 0 Å². The van der Waals surface area contributed by atoms with Gasteiger partial charge < -0.3 is 0 Å². The van der Waals surface area contributed by atoms with Crippen LogP contribution in [0.25, 0.3) is 0 Å². The Kier molecular flexibility index (Phi) is 3.56. The van der Waals surface area contributed by atoms with E-state index in [0.29, 0.717) is 0 Å². The molecule has 0 saturated carbocycles. The van der Waals surface area contributed by atoms with Crippen molar-refractivity contribution in [1.82, 2.24) is 0 Å². The van der Waals surface area contributed by atoms with Gasteiger partial charge in [0.15, 0.2) is 0 Å². The van der Waals surface area contributed by atoms with E-state index >= 15 is 0 Å². The fourth-order valence-corrected chi connectivity index (χ4v) is 3.68. The molecule has 0 radical (unpaired) electrons. The summed E-state index contributed by atoms with van der Waals surface area (Å²) in [6.45, 7) is 9.54. The maximum atomic E-state index is 2.52. The fraction of sp³-hybridized carbons (Fsp3) is 0.750. The van der Waals surface area contributed by atoms with Gasteiger partial charge in [-0.25, -0.2) is 0 Å². The van der Waals surface area contributed by atoms with Crippen LogP contribution in [-0.4, -0.2) is 0 Å². The van der Waals surface area contributed by atoms with Gasteiger partial charge in [-0.05, 0) is 48.0 Å². The van der Waals surface area contributed by atoms with E-state index in [9.17, 15) is 0 Å². The molecule has 2 aliphatic carbocycles. The van der Waals surface area contributed by atoms with Crippen LogP contribution < -0.4 is 0 Å². The van der Waals surface area contributed by atoms with Gasteiger partial charge in [0.25, 0.3) is 0 Å². The van der Waals surface area contributed by atoms with Crippen molar-refractivity contribution in [2.24, 2.45) is 29.6 Å². The Bertz CT molecular complexity index is 297. The fourth-order valence-electron chi connectivity index (χ4n) is 3.68. The van der Waals surface area contributed by atoms with Crippen molar-refractivity contribution in [2.75, 3.05) is 0 Å². The zero-order valence-corrected chi connectivity index (χ0v) is 11.2. The van der Waals surface area contributed by atoms with Gasteiger partial charge in [0.1, 0.15) is 0 Å². The van der Waals surface area contributed by atoms with Crippen molar-refractivity contribution in [1.29, 1.82) is 0 Å². The molecule has 0 nitrogen and oxygen atoms in total. The van der Waals surface area contributed by atoms with Gasteiger partial charge in [0.05, 0.1) is 0 Å². The van der Waals surface area contributed by atoms with E-state index in [1.54, 1.807) is 5.57 Å². The number of rotatable bonds is 2. The molecule has 16 heavy (non-hydrogen) atoms. The molecule has 0 heterocycles. The SMILES string of the molecule is CCC(C)C1[C@@H](C)C=CC2=C[C@H](C)CC[C@@H]21. The summed E-state index contributed by atoms with van der Waals surface area (Å²) in [5.74, 6) is 4.16. The maximum Gasteiger partial charge on any atom is -0.0129 e. The summed E-state index contributed by atoms with van der Waals surface area (Å²) in [5, 5.41) is 0. The Morgan fingerprint density at radius 3 is 2.75 bits per heavy atom. The minimum absolute atomic E-state index is 0.769. The predicted octanol–water partition coefficient (Wildman–Crippen LogP) is 4.83. The van der Waals surface area contributed by atoms with Crippen LogP contribution in [0.2, 0.25) is 0 Å². The summed E-state index contributed by atoms with van der Waals surface area (Å²) in [5.41, 5.74) is 1.64. The highest BCUT2D eigenvalue weighted by Crippen LogP contribution is 2.45. The van der Waals surface area contributed by atoms with Gasteiger partial charge in [-0.15, -0.1) is 0 Å². The molecule has 2 unspecified atom stereocenters. The van der Waals surface area contributed by atoms with Crippen LogP contribution in [0.4, 0.5) is 0 Å². The third kappa shape index (κ3) is 2.12. The highest BCUT2D eigenvalue weighted by molar-refractivity contribution is 5.29. The smallest absolute Gasteiger partial charge is 0.0129 e. The van der Waals surface area contributed by atoms with Gasteiger partial charge in [-0.3, -0.25) is 0 Å². The first-order valence-corrected chi connectivity index (χ1v) is 7.03. The van der Waals surface area contributed by atoms with Gasteiger partial charge in [-0.2, -0.15) is 0 Å². The predicted molar refractivity (Wildman–Crippen MR) is 71.2 cm³/mol. The van der Waals surface area contributed by atoms with Crippen molar-refractivity contribution in [3.05, 3.63) is 23.8 Å². The first-order chi connectivity index (χ1) is 7.63. The molecule has 0 spiro atoms.